The second-order valence-corrected chi connectivity index (χ2v) is 9.19. The van der Waals surface area contributed by atoms with Gasteiger partial charge in [0.2, 0.25) is 0 Å². The highest BCUT2D eigenvalue weighted by Crippen LogP contribution is 2.24. The quantitative estimate of drug-likeness (QED) is 0.454. The molecule has 10 heteroatoms. The maximum absolute atomic E-state index is 12.4. The van der Waals surface area contributed by atoms with Crippen LogP contribution in [-0.2, 0) is 22.1 Å². The highest BCUT2D eigenvalue weighted by molar-refractivity contribution is 7.88. The van der Waals surface area contributed by atoms with Crippen molar-refractivity contribution < 1.29 is 13.2 Å². The van der Waals surface area contributed by atoms with Crippen LogP contribution >= 0.6 is 0 Å². The Hall–Kier alpha value is -2.98. The number of carbonyl (C=O) groups excluding carboxylic acids is 1. The highest BCUT2D eigenvalue weighted by atomic mass is 32.2. The van der Waals surface area contributed by atoms with Crippen LogP contribution in [0.4, 0.5) is 0 Å². The number of hydrogen-bond donors (Lipinski definition) is 2. The molecule has 1 amide bonds. The van der Waals surface area contributed by atoms with Crippen molar-refractivity contribution in [2.24, 2.45) is 7.05 Å². The van der Waals surface area contributed by atoms with E-state index in [-0.39, 0.29) is 6.04 Å². The summed E-state index contributed by atoms with van der Waals surface area (Å²) in [5.41, 5.74) is 2.17. The Morgan fingerprint density at radius 1 is 1.22 bits per heavy atom. The van der Waals surface area contributed by atoms with E-state index in [4.69, 9.17) is 0 Å². The van der Waals surface area contributed by atoms with E-state index in [9.17, 15) is 13.2 Å². The molecule has 0 aliphatic carbocycles. The normalized spacial score (nSPS) is 12.3. The third-order valence-electron chi connectivity index (χ3n) is 5.15. The maximum atomic E-state index is 12.4. The van der Waals surface area contributed by atoms with Crippen molar-refractivity contribution in [2.45, 2.75) is 52.5 Å². The van der Waals surface area contributed by atoms with Gasteiger partial charge in [-0.3, -0.25) is 14.0 Å². The van der Waals surface area contributed by atoms with Crippen LogP contribution in [0.3, 0.4) is 0 Å². The van der Waals surface area contributed by atoms with Gasteiger partial charge < -0.3 is 0 Å². The summed E-state index contributed by atoms with van der Waals surface area (Å²) in [6, 6.07) is 5.59. The van der Waals surface area contributed by atoms with Gasteiger partial charge in [0.1, 0.15) is 11.5 Å². The van der Waals surface area contributed by atoms with Crippen LogP contribution in [-0.4, -0.2) is 39.7 Å². The average Bonchev–Trinajstić information content (AvgIpc) is 3.25. The molecule has 3 rings (SSSR count). The van der Waals surface area contributed by atoms with Gasteiger partial charge in [0.15, 0.2) is 0 Å². The number of aryl methyl sites for hydroxylation is 2. The van der Waals surface area contributed by atoms with Crippen LogP contribution in [0.2, 0.25) is 0 Å². The molecule has 0 fully saturated rings. The molecule has 0 bridgehead atoms. The molecule has 0 saturated heterocycles. The predicted molar refractivity (Wildman–Crippen MR) is 125 cm³/mol. The van der Waals surface area contributed by atoms with Gasteiger partial charge in [0.05, 0.1) is 5.69 Å². The third kappa shape index (κ3) is 5.43. The summed E-state index contributed by atoms with van der Waals surface area (Å²) in [7, 11) is -2.14. The molecule has 0 spiro atoms. The fraction of sp³-hybridized carbons (Fsp3) is 0.409. The lowest BCUT2D eigenvalue weighted by Gasteiger charge is -2.17. The van der Waals surface area contributed by atoms with E-state index in [0.29, 0.717) is 11.3 Å². The summed E-state index contributed by atoms with van der Waals surface area (Å²) in [6.45, 7) is 5.82. The minimum absolute atomic E-state index is 0.194. The molecule has 0 atom stereocenters. The van der Waals surface area contributed by atoms with Crippen LogP contribution in [0, 0.1) is 6.92 Å². The molecule has 0 aromatic carbocycles. The molecule has 9 nitrogen and oxygen atoms in total. The topological polar surface area (TPSA) is 111 Å². The van der Waals surface area contributed by atoms with E-state index in [1.165, 1.54) is 6.08 Å². The second kappa shape index (κ2) is 10.1. The molecule has 0 aliphatic rings. The number of hydrogen-bond acceptors (Lipinski definition) is 5. The molecule has 3 aromatic heterocycles. The zero-order valence-corrected chi connectivity index (χ0v) is 19.7. The predicted octanol–water partition coefficient (Wildman–Crippen LogP) is 3.00. The summed E-state index contributed by atoms with van der Waals surface area (Å²) in [6.07, 6.45) is 9.54. The van der Waals surface area contributed by atoms with Crippen molar-refractivity contribution in [3.05, 3.63) is 47.9 Å². The Balaban J connectivity index is 1.82. The number of amides is 1. The molecule has 32 heavy (non-hydrogen) atoms. The fourth-order valence-electron chi connectivity index (χ4n) is 3.81. The smallest absolute Gasteiger partial charge is 0.285 e. The SMILES string of the molecule is CCCC(CCC)NS(=O)(=O)NC(=O)C=Cc1c(C)nn(C)c1-n1ccc2cccnc21. The lowest BCUT2D eigenvalue weighted by Crippen LogP contribution is -2.44. The lowest BCUT2D eigenvalue weighted by molar-refractivity contribution is -0.114. The van der Waals surface area contributed by atoms with Crippen molar-refractivity contribution in [2.75, 3.05) is 0 Å². The Bertz CT molecular complexity index is 1220. The summed E-state index contributed by atoms with van der Waals surface area (Å²) in [5.74, 6) is 0.00104. The van der Waals surface area contributed by atoms with Crippen LogP contribution in [0.25, 0.3) is 22.9 Å². The molecule has 0 saturated carbocycles. The van der Waals surface area contributed by atoms with Crippen molar-refractivity contribution in [1.29, 1.82) is 0 Å². The highest BCUT2D eigenvalue weighted by Gasteiger charge is 2.19. The molecule has 2 N–H and O–H groups in total. The van der Waals surface area contributed by atoms with E-state index < -0.39 is 16.1 Å². The summed E-state index contributed by atoms with van der Waals surface area (Å²) < 4.78 is 33.0. The van der Waals surface area contributed by atoms with Crippen LogP contribution < -0.4 is 9.44 Å². The first kappa shape index (κ1) is 23.7. The molecular formula is C22H30N6O3S. The number of nitrogens with one attached hydrogen (secondary N) is 2. The van der Waals surface area contributed by atoms with Crippen LogP contribution in [0.1, 0.15) is 50.8 Å². The van der Waals surface area contributed by atoms with E-state index >= 15 is 0 Å². The van der Waals surface area contributed by atoms with E-state index in [1.807, 2.05) is 56.8 Å². The van der Waals surface area contributed by atoms with Gasteiger partial charge in [0, 0.05) is 42.5 Å². The molecule has 0 unspecified atom stereocenters. The molecule has 0 radical (unpaired) electrons. The monoisotopic (exact) mass is 458 g/mol. The fourth-order valence-corrected chi connectivity index (χ4v) is 4.88. The van der Waals surface area contributed by atoms with E-state index in [2.05, 4.69) is 19.5 Å². The zero-order chi connectivity index (χ0) is 23.3. The lowest BCUT2D eigenvalue weighted by atomic mass is 10.1. The van der Waals surface area contributed by atoms with Crippen LogP contribution in [0.15, 0.2) is 36.7 Å². The van der Waals surface area contributed by atoms with Crippen molar-refractivity contribution in [3.8, 4) is 5.82 Å². The Labute approximate surface area is 188 Å². The van der Waals surface area contributed by atoms with Gasteiger partial charge in [-0.2, -0.15) is 18.2 Å². The number of fused-ring (bicyclic) bond motifs is 1. The minimum atomic E-state index is -3.95. The number of carbonyl (C=O) groups is 1. The second-order valence-electron chi connectivity index (χ2n) is 7.74. The maximum Gasteiger partial charge on any atom is 0.301 e. The Kier molecular flexibility index (Phi) is 7.47. The number of aromatic nitrogens is 4. The zero-order valence-electron chi connectivity index (χ0n) is 18.9. The largest absolute Gasteiger partial charge is 0.301 e. The third-order valence-corrected chi connectivity index (χ3v) is 6.26. The summed E-state index contributed by atoms with van der Waals surface area (Å²) in [5, 5.41) is 5.44. The summed E-state index contributed by atoms with van der Waals surface area (Å²) >= 11 is 0. The van der Waals surface area contributed by atoms with Gasteiger partial charge in [0.25, 0.3) is 5.91 Å². The van der Waals surface area contributed by atoms with Crippen molar-refractivity contribution in [3.63, 3.8) is 0 Å². The van der Waals surface area contributed by atoms with Gasteiger partial charge in [-0.25, -0.2) is 9.71 Å². The number of rotatable bonds is 10. The standard InChI is InChI=1S/C22H30N6O3S/c1-5-8-18(9-6-2)25-32(30,31)26-20(29)12-11-19-16(3)24-27(4)22(19)28-15-13-17-10-7-14-23-21(17)28/h7,10-15,18,25H,5-6,8-9H2,1-4H3,(H,26,29). The van der Waals surface area contributed by atoms with Crippen molar-refractivity contribution in [1.82, 2.24) is 28.8 Å². The molecule has 3 aromatic rings. The van der Waals surface area contributed by atoms with Crippen LogP contribution in [0.5, 0.6) is 0 Å². The Morgan fingerprint density at radius 3 is 2.62 bits per heavy atom. The molecule has 3 heterocycles. The first-order chi connectivity index (χ1) is 15.3. The molecule has 0 aliphatic heterocycles. The van der Waals surface area contributed by atoms with Gasteiger partial charge >= 0.3 is 10.2 Å². The molecular weight excluding hydrogens is 428 g/mol. The number of pyridine rings is 1. The minimum Gasteiger partial charge on any atom is -0.285 e. The van der Waals surface area contributed by atoms with Gasteiger partial charge in [-0.05, 0) is 44.0 Å². The van der Waals surface area contributed by atoms with Gasteiger partial charge in [-0.15, -0.1) is 0 Å². The average molecular weight is 459 g/mol. The number of nitrogens with zero attached hydrogens (tertiary/aromatic N) is 4. The van der Waals surface area contributed by atoms with Gasteiger partial charge in [-0.1, -0.05) is 26.7 Å². The first-order valence-corrected chi connectivity index (χ1v) is 12.2. The van der Waals surface area contributed by atoms with E-state index in [0.717, 1.165) is 42.5 Å². The Morgan fingerprint density at radius 2 is 1.94 bits per heavy atom. The van der Waals surface area contributed by atoms with Crippen molar-refractivity contribution >= 4 is 33.2 Å². The summed E-state index contributed by atoms with van der Waals surface area (Å²) in [4.78, 5) is 16.8. The van der Waals surface area contributed by atoms with E-state index in [1.54, 1.807) is 17.0 Å². The molecule has 172 valence electrons. The first-order valence-electron chi connectivity index (χ1n) is 10.7.